The first-order valence-corrected chi connectivity index (χ1v) is 7.46. The summed E-state index contributed by atoms with van der Waals surface area (Å²) >= 11 is 3.37. The number of carboxylic acids is 1. The first kappa shape index (κ1) is 15.0. The third-order valence-electron chi connectivity index (χ3n) is 3.80. The third-order valence-corrected chi connectivity index (χ3v) is 4.33. The lowest BCUT2D eigenvalue weighted by Crippen LogP contribution is -2.48. The van der Waals surface area contributed by atoms with Gasteiger partial charge in [0.15, 0.2) is 0 Å². The van der Waals surface area contributed by atoms with Crippen molar-refractivity contribution < 1.29 is 14.7 Å². The largest absolute Gasteiger partial charge is 0.480 e. The quantitative estimate of drug-likeness (QED) is 0.866. The molecule has 1 aliphatic rings. The zero-order valence-corrected chi connectivity index (χ0v) is 13.1. The number of aliphatic carboxylic acids is 1. The minimum atomic E-state index is -0.986. The van der Waals surface area contributed by atoms with Crippen molar-refractivity contribution in [1.82, 2.24) is 5.32 Å². The lowest BCUT2D eigenvalue weighted by molar-refractivity contribution is -0.143. The van der Waals surface area contributed by atoms with Crippen molar-refractivity contribution in [3.63, 3.8) is 0 Å². The van der Waals surface area contributed by atoms with E-state index in [1.807, 2.05) is 24.3 Å². The maximum atomic E-state index is 12.4. The van der Waals surface area contributed by atoms with Gasteiger partial charge in [-0.15, -0.1) is 0 Å². The molecule has 0 heterocycles. The maximum absolute atomic E-state index is 12.4. The van der Waals surface area contributed by atoms with Gasteiger partial charge in [0, 0.05) is 4.47 Å². The smallest absolute Gasteiger partial charge is 0.326 e. The molecule has 108 valence electrons. The molecule has 5 heteroatoms. The molecule has 0 saturated heterocycles. The summed E-state index contributed by atoms with van der Waals surface area (Å²) in [6.45, 7) is 3.58. The Bertz CT molecular complexity index is 520. The fourth-order valence-electron chi connectivity index (χ4n) is 2.33. The zero-order valence-electron chi connectivity index (χ0n) is 11.5. The summed E-state index contributed by atoms with van der Waals surface area (Å²) < 4.78 is 0.961. The first-order valence-electron chi connectivity index (χ1n) is 6.66. The van der Waals surface area contributed by atoms with Crippen LogP contribution in [-0.4, -0.2) is 23.0 Å². The minimum absolute atomic E-state index is 0.142. The van der Waals surface area contributed by atoms with Crippen LogP contribution in [0.2, 0.25) is 0 Å². The van der Waals surface area contributed by atoms with Gasteiger partial charge in [-0.05, 0) is 36.5 Å². The number of nitrogens with one attached hydrogen (secondary N) is 1. The summed E-state index contributed by atoms with van der Waals surface area (Å²) in [6.07, 6.45) is 1.54. The average Bonchev–Trinajstić information content (AvgIpc) is 3.17. The summed E-state index contributed by atoms with van der Waals surface area (Å²) in [7, 11) is 0. The summed E-state index contributed by atoms with van der Waals surface area (Å²) in [5.41, 5.74) is 0.412. The standard InChI is InChI=1S/C15H18BrNO3/c1-9(2)12(13(18)19)17-14(20)15(7-8-15)10-3-5-11(16)6-4-10/h3-6,9,12H,7-8H2,1-2H3,(H,17,20)(H,18,19)/t12-/m1/s1. The van der Waals surface area contributed by atoms with Gasteiger partial charge in [-0.25, -0.2) is 4.79 Å². The van der Waals surface area contributed by atoms with Crippen LogP contribution >= 0.6 is 15.9 Å². The molecule has 20 heavy (non-hydrogen) atoms. The highest BCUT2D eigenvalue weighted by atomic mass is 79.9. The minimum Gasteiger partial charge on any atom is -0.480 e. The molecule has 0 radical (unpaired) electrons. The number of carboxylic acid groups (broad SMARTS) is 1. The molecule has 0 aliphatic heterocycles. The Morgan fingerprint density at radius 3 is 2.20 bits per heavy atom. The van der Waals surface area contributed by atoms with Gasteiger partial charge in [-0.2, -0.15) is 0 Å². The van der Waals surface area contributed by atoms with Gasteiger partial charge in [0.2, 0.25) is 5.91 Å². The first-order chi connectivity index (χ1) is 9.36. The van der Waals surface area contributed by atoms with Crippen LogP contribution in [0.5, 0.6) is 0 Å². The molecule has 1 aliphatic carbocycles. The van der Waals surface area contributed by atoms with Crippen LogP contribution in [0.15, 0.2) is 28.7 Å². The van der Waals surface area contributed by atoms with E-state index in [2.05, 4.69) is 21.2 Å². The summed E-state index contributed by atoms with van der Waals surface area (Å²) in [6, 6.07) is 6.80. The van der Waals surface area contributed by atoms with E-state index in [1.54, 1.807) is 13.8 Å². The predicted octanol–water partition coefficient (Wildman–Crippen LogP) is 2.71. The predicted molar refractivity (Wildman–Crippen MR) is 79.5 cm³/mol. The second-order valence-corrected chi connectivity index (χ2v) is 6.54. The molecule has 1 fully saturated rings. The summed E-state index contributed by atoms with van der Waals surface area (Å²) in [4.78, 5) is 23.6. The Morgan fingerprint density at radius 1 is 1.25 bits per heavy atom. The number of carbonyl (C=O) groups excluding carboxylic acids is 1. The molecular weight excluding hydrogens is 322 g/mol. The van der Waals surface area contributed by atoms with Crippen molar-refractivity contribution in [3.8, 4) is 0 Å². The van der Waals surface area contributed by atoms with E-state index in [9.17, 15) is 9.59 Å². The molecule has 2 rings (SSSR count). The lowest BCUT2D eigenvalue weighted by atomic mass is 9.93. The fraction of sp³-hybridized carbons (Fsp3) is 0.467. The molecule has 1 amide bonds. The van der Waals surface area contributed by atoms with Crippen LogP contribution in [0, 0.1) is 5.92 Å². The summed E-state index contributed by atoms with van der Waals surface area (Å²) in [5.74, 6) is -1.31. The van der Waals surface area contributed by atoms with Crippen molar-refractivity contribution in [3.05, 3.63) is 34.3 Å². The van der Waals surface area contributed by atoms with Crippen LogP contribution in [0.1, 0.15) is 32.3 Å². The molecule has 1 aromatic carbocycles. The number of hydrogen-bond donors (Lipinski definition) is 2. The number of rotatable bonds is 5. The SMILES string of the molecule is CC(C)[C@@H](NC(=O)C1(c2ccc(Br)cc2)CC1)C(=O)O. The second kappa shape index (κ2) is 5.56. The van der Waals surface area contributed by atoms with E-state index in [0.29, 0.717) is 0 Å². The number of benzene rings is 1. The Hall–Kier alpha value is -1.36. The van der Waals surface area contributed by atoms with E-state index in [-0.39, 0.29) is 11.8 Å². The van der Waals surface area contributed by atoms with Crippen LogP contribution in [0.3, 0.4) is 0 Å². The van der Waals surface area contributed by atoms with Crippen molar-refractivity contribution in [2.24, 2.45) is 5.92 Å². The van der Waals surface area contributed by atoms with Gasteiger partial charge in [0.25, 0.3) is 0 Å². The highest BCUT2D eigenvalue weighted by Crippen LogP contribution is 2.48. The van der Waals surface area contributed by atoms with Gasteiger partial charge < -0.3 is 10.4 Å². The van der Waals surface area contributed by atoms with E-state index in [1.165, 1.54) is 0 Å². The zero-order chi connectivity index (χ0) is 14.9. The molecule has 2 N–H and O–H groups in total. The van der Waals surface area contributed by atoms with Crippen LogP contribution in [0.25, 0.3) is 0 Å². The van der Waals surface area contributed by atoms with E-state index >= 15 is 0 Å². The van der Waals surface area contributed by atoms with Crippen molar-refractivity contribution >= 4 is 27.8 Å². The van der Waals surface area contributed by atoms with Crippen molar-refractivity contribution in [2.45, 2.75) is 38.1 Å². The van der Waals surface area contributed by atoms with Crippen LogP contribution in [-0.2, 0) is 15.0 Å². The Morgan fingerprint density at radius 2 is 1.80 bits per heavy atom. The van der Waals surface area contributed by atoms with Gasteiger partial charge in [0.1, 0.15) is 6.04 Å². The average molecular weight is 340 g/mol. The van der Waals surface area contributed by atoms with Crippen molar-refractivity contribution in [2.75, 3.05) is 0 Å². The molecule has 0 spiro atoms. The molecule has 1 atom stereocenters. The Labute approximate surface area is 126 Å². The highest BCUT2D eigenvalue weighted by molar-refractivity contribution is 9.10. The maximum Gasteiger partial charge on any atom is 0.326 e. The lowest BCUT2D eigenvalue weighted by Gasteiger charge is -2.22. The summed E-state index contributed by atoms with van der Waals surface area (Å²) in [5, 5.41) is 11.8. The van der Waals surface area contributed by atoms with Gasteiger partial charge in [0.05, 0.1) is 5.41 Å². The number of halogens is 1. The molecular formula is C15H18BrNO3. The number of carbonyl (C=O) groups is 2. The number of amides is 1. The number of hydrogen-bond acceptors (Lipinski definition) is 2. The third kappa shape index (κ3) is 2.87. The molecule has 0 unspecified atom stereocenters. The topological polar surface area (TPSA) is 66.4 Å². The fourth-order valence-corrected chi connectivity index (χ4v) is 2.60. The highest BCUT2D eigenvalue weighted by Gasteiger charge is 2.52. The molecule has 4 nitrogen and oxygen atoms in total. The van der Waals surface area contributed by atoms with Gasteiger partial charge in [-0.1, -0.05) is 41.9 Å². The van der Waals surface area contributed by atoms with Crippen LogP contribution in [0.4, 0.5) is 0 Å². The molecule has 0 aromatic heterocycles. The van der Waals surface area contributed by atoms with Gasteiger partial charge >= 0.3 is 5.97 Å². The molecule has 1 saturated carbocycles. The van der Waals surface area contributed by atoms with Crippen LogP contribution < -0.4 is 5.32 Å². The van der Waals surface area contributed by atoms with Crippen molar-refractivity contribution in [1.29, 1.82) is 0 Å². The Balaban J connectivity index is 2.16. The van der Waals surface area contributed by atoms with E-state index in [0.717, 1.165) is 22.9 Å². The molecule has 0 bridgehead atoms. The van der Waals surface area contributed by atoms with E-state index in [4.69, 9.17) is 5.11 Å². The monoisotopic (exact) mass is 339 g/mol. The normalized spacial score (nSPS) is 17.6. The molecule has 1 aromatic rings. The second-order valence-electron chi connectivity index (χ2n) is 5.62. The Kier molecular flexibility index (Phi) is 4.18. The van der Waals surface area contributed by atoms with E-state index < -0.39 is 17.4 Å². The van der Waals surface area contributed by atoms with Gasteiger partial charge in [-0.3, -0.25) is 4.79 Å².